The van der Waals surface area contributed by atoms with E-state index in [4.69, 9.17) is 10.8 Å². The first-order valence-corrected chi connectivity index (χ1v) is 4.02. The van der Waals surface area contributed by atoms with Gasteiger partial charge >= 0.3 is 6.09 Å². The van der Waals surface area contributed by atoms with Crippen molar-refractivity contribution >= 4 is 12.1 Å². The monoisotopic (exact) mass is 403 g/mol. The molecule has 0 aromatic carbocycles. The van der Waals surface area contributed by atoms with Crippen molar-refractivity contribution in [2.75, 3.05) is 0 Å². The van der Waals surface area contributed by atoms with E-state index in [0.717, 1.165) is 0 Å². The van der Waals surface area contributed by atoms with E-state index in [1.54, 1.807) is 20.8 Å². The topological polar surface area (TPSA) is 89.6 Å². The van der Waals surface area contributed by atoms with Crippen LogP contribution in [0, 0.1) is 19.8 Å². The van der Waals surface area contributed by atoms with E-state index >= 15 is 0 Å². The zero-order chi connectivity index (χ0) is 13.1. The van der Waals surface area contributed by atoms with Crippen LogP contribution in [0.2, 0.25) is 0 Å². The van der Waals surface area contributed by atoms with Crippen molar-refractivity contribution in [3.8, 4) is 12.8 Å². The Morgan fingerprint density at radius 1 is 1.38 bits per heavy atom. The van der Waals surface area contributed by atoms with Gasteiger partial charge in [0.15, 0.2) is 0 Å². The molecule has 0 aliphatic rings. The summed E-state index contributed by atoms with van der Waals surface area (Å²) in [7, 11) is 0. The number of amides is 1. The standard InChI is InChI=1S/C5H11NO2.C3H5O2.C2H2.Re/c1-5(2,3)8-4(6)7;1-2-3(4)5;1-2;/h1-3H3,(H2,6,7);1-2H2,(H,4,5);1-2H;/q;-1;;. The van der Waals surface area contributed by atoms with Gasteiger partial charge in [0.05, 0.1) is 0 Å². The third-order valence-electron chi connectivity index (χ3n) is 0.621. The second kappa shape index (κ2) is 14.0. The summed E-state index contributed by atoms with van der Waals surface area (Å²) in [6, 6.07) is 0. The van der Waals surface area contributed by atoms with Gasteiger partial charge in [0.2, 0.25) is 0 Å². The predicted octanol–water partition coefficient (Wildman–Crippen LogP) is 1.42. The van der Waals surface area contributed by atoms with Crippen molar-refractivity contribution in [3.05, 3.63) is 6.92 Å². The zero-order valence-electron chi connectivity index (χ0n) is 9.70. The van der Waals surface area contributed by atoms with Gasteiger partial charge < -0.3 is 22.5 Å². The maximum Gasteiger partial charge on any atom is 0.405 e. The molecule has 0 saturated carbocycles. The molecule has 0 unspecified atom stereocenters. The van der Waals surface area contributed by atoms with Crippen molar-refractivity contribution < 1.29 is 39.9 Å². The fourth-order valence-corrected chi connectivity index (χ4v) is 0.302. The predicted molar refractivity (Wildman–Crippen MR) is 57.9 cm³/mol. The second-order valence-corrected chi connectivity index (χ2v) is 3.18. The SMILES string of the molecule is C#C.CC(C)(C)OC(N)=O.[CH2-]CC(=O)O.[Re]. The van der Waals surface area contributed by atoms with Gasteiger partial charge in [-0.05, 0) is 20.8 Å². The number of carboxylic acid groups (broad SMARTS) is 1. The van der Waals surface area contributed by atoms with Crippen LogP contribution in [0.25, 0.3) is 0 Å². The molecule has 0 aliphatic heterocycles. The third-order valence-corrected chi connectivity index (χ3v) is 0.621. The van der Waals surface area contributed by atoms with Crippen LogP contribution >= 0.6 is 0 Å². The molecule has 1 radical (unpaired) electrons. The number of rotatable bonds is 1. The van der Waals surface area contributed by atoms with Crippen molar-refractivity contribution in [2.45, 2.75) is 32.8 Å². The van der Waals surface area contributed by atoms with Gasteiger partial charge in [0.1, 0.15) is 5.60 Å². The molecule has 0 atom stereocenters. The van der Waals surface area contributed by atoms with E-state index in [-0.39, 0.29) is 26.8 Å². The fourth-order valence-electron chi connectivity index (χ4n) is 0.302. The molecule has 0 aromatic heterocycles. The summed E-state index contributed by atoms with van der Waals surface area (Å²) in [5, 5.41) is 7.66. The Balaban J connectivity index is -0.0000000786. The number of primary amides is 1. The van der Waals surface area contributed by atoms with Crippen LogP contribution in [0.1, 0.15) is 27.2 Å². The van der Waals surface area contributed by atoms with Gasteiger partial charge in [-0.3, -0.25) is 4.79 Å². The number of hydrogen-bond acceptors (Lipinski definition) is 3. The van der Waals surface area contributed by atoms with Crippen LogP contribution in [0.3, 0.4) is 0 Å². The summed E-state index contributed by atoms with van der Waals surface area (Å²) >= 11 is 0. The molecule has 0 aliphatic carbocycles. The quantitative estimate of drug-likeness (QED) is 0.513. The number of carbonyl (C=O) groups is 2. The third kappa shape index (κ3) is 52.2. The minimum absolute atomic E-state index is 0. The molecule has 0 bridgehead atoms. The van der Waals surface area contributed by atoms with Gasteiger partial charge in [-0.2, -0.15) is 0 Å². The molecule has 0 saturated heterocycles. The van der Waals surface area contributed by atoms with Crippen molar-refractivity contribution in [1.82, 2.24) is 0 Å². The normalized spacial score (nSPS) is 7.88. The van der Waals surface area contributed by atoms with Gasteiger partial charge in [-0.1, -0.05) is 6.42 Å². The van der Waals surface area contributed by atoms with Crippen molar-refractivity contribution in [2.24, 2.45) is 5.73 Å². The molecule has 95 valence electrons. The molecule has 0 fully saturated rings. The van der Waals surface area contributed by atoms with E-state index < -0.39 is 17.7 Å². The minimum atomic E-state index is -0.856. The molecule has 3 N–H and O–H groups in total. The molecule has 0 heterocycles. The molecule has 16 heavy (non-hydrogen) atoms. The number of nitrogens with two attached hydrogens (primary N) is 1. The molecule has 0 spiro atoms. The van der Waals surface area contributed by atoms with Gasteiger partial charge in [-0.25, -0.2) is 4.79 Å². The number of hydrogen-bond donors (Lipinski definition) is 2. The average molecular weight is 402 g/mol. The van der Waals surface area contributed by atoms with E-state index in [1.165, 1.54) is 0 Å². The summed E-state index contributed by atoms with van der Waals surface area (Å²) < 4.78 is 4.58. The first-order chi connectivity index (χ1) is 6.69. The van der Waals surface area contributed by atoms with E-state index in [9.17, 15) is 9.59 Å². The Morgan fingerprint density at radius 2 is 1.62 bits per heavy atom. The number of aliphatic carboxylic acids is 1. The average Bonchev–Trinajstić information content (AvgIpc) is 2.04. The Labute approximate surface area is 110 Å². The maximum absolute atomic E-state index is 10.0. The summed E-state index contributed by atoms with van der Waals surface area (Å²) in [6.07, 6.45) is 7.25. The van der Waals surface area contributed by atoms with E-state index in [1.807, 2.05) is 0 Å². The molecular weight excluding hydrogens is 384 g/mol. The van der Waals surface area contributed by atoms with Crippen LogP contribution in [0.4, 0.5) is 4.79 Å². The fraction of sp³-hybridized carbons (Fsp3) is 0.500. The van der Waals surface area contributed by atoms with Crippen molar-refractivity contribution in [1.29, 1.82) is 0 Å². The van der Waals surface area contributed by atoms with Gasteiger partial charge in [0.25, 0.3) is 5.97 Å². The molecule has 1 amide bonds. The second-order valence-electron chi connectivity index (χ2n) is 3.18. The van der Waals surface area contributed by atoms with Gasteiger partial charge in [-0.15, -0.1) is 12.8 Å². The first kappa shape index (κ1) is 24.3. The molecule has 5 nitrogen and oxygen atoms in total. The summed E-state index contributed by atoms with van der Waals surface area (Å²) in [5.74, 6) is -0.856. The Kier molecular flexibility index (Phi) is 21.2. The molecule has 0 rings (SSSR count). The number of ether oxygens (including phenoxy) is 1. The Morgan fingerprint density at radius 3 is 1.62 bits per heavy atom. The molecular formula is C10H18NO4Re-. The number of carboxylic acids is 1. The van der Waals surface area contributed by atoms with Gasteiger partial charge in [0, 0.05) is 20.4 Å². The Bertz CT molecular complexity index is 209. The Hall–Kier alpha value is -1.04. The van der Waals surface area contributed by atoms with Crippen molar-refractivity contribution in [3.63, 3.8) is 0 Å². The number of carbonyl (C=O) groups excluding carboxylic acids is 1. The zero-order valence-corrected chi connectivity index (χ0v) is 12.4. The minimum Gasteiger partial charge on any atom is -0.483 e. The first-order valence-electron chi connectivity index (χ1n) is 4.02. The number of terminal acetylenes is 1. The van der Waals surface area contributed by atoms with Crippen LogP contribution in [0.5, 0.6) is 0 Å². The maximum atomic E-state index is 10.0. The molecule has 0 aromatic rings. The molecule has 6 heteroatoms. The summed E-state index contributed by atoms with van der Waals surface area (Å²) in [5.41, 5.74) is 4.26. The smallest absolute Gasteiger partial charge is 0.405 e. The van der Waals surface area contributed by atoms with E-state index in [2.05, 4.69) is 24.5 Å². The van der Waals surface area contributed by atoms with Crippen LogP contribution in [-0.2, 0) is 30.0 Å². The van der Waals surface area contributed by atoms with Crippen LogP contribution in [-0.4, -0.2) is 22.8 Å². The summed E-state index contributed by atoms with van der Waals surface area (Å²) in [6.45, 7) is 8.37. The van der Waals surface area contributed by atoms with Crippen LogP contribution < -0.4 is 5.73 Å². The van der Waals surface area contributed by atoms with E-state index in [0.29, 0.717) is 0 Å². The largest absolute Gasteiger partial charge is 0.483 e. The van der Waals surface area contributed by atoms with Crippen LogP contribution in [0.15, 0.2) is 0 Å². The summed E-state index contributed by atoms with van der Waals surface area (Å²) in [4.78, 5) is 19.3.